The number of carboxylic acid groups (broad SMARTS) is 1. The molecule has 13 nitrogen and oxygen atoms in total. The predicted octanol–water partition coefficient (Wildman–Crippen LogP) is 3.04. The first-order chi connectivity index (χ1) is 20.6. The number of rotatable bonds is 9. The van der Waals surface area contributed by atoms with E-state index in [0.29, 0.717) is 18.4 Å². The van der Waals surface area contributed by atoms with Crippen LogP contribution in [0, 0.1) is 22.0 Å². The molecule has 2 aromatic carbocycles. The highest BCUT2D eigenvalue weighted by atomic mass is 16.6. The number of esters is 1. The van der Waals surface area contributed by atoms with Crippen molar-refractivity contribution in [2.24, 2.45) is 11.8 Å². The topological polar surface area (TPSA) is 175 Å². The highest BCUT2D eigenvalue weighted by molar-refractivity contribution is 6.10. The van der Waals surface area contributed by atoms with E-state index in [1.54, 1.807) is 0 Å². The van der Waals surface area contributed by atoms with Crippen LogP contribution in [-0.2, 0) is 25.5 Å². The summed E-state index contributed by atoms with van der Waals surface area (Å²) in [5.74, 6) is -5.39. The van der Waals surface area contributed by atoms with Crippen LogP contribution in [0.1, 0.15) is 59.6 Å². The smallest absolute Gasteiger partial charge is 0.341 e. The van der Waals surface area contributed by atoms with Crippen LogP contribution in [0.2, 0.25) is 0 Å². The van der Waals surface area contributed by atoms with Gasteiger partial charge >= 0.3 is 11.9 Å². The van der Waals surface area contributed by atoms with Gasteiger partial charge in [-0.3, -0.25) is 34.7 Å². The van der Waals surface area contributed by atoms with E-state index in [4.69, 9.17) is 14.2 Å². The molecule has 13 heteroatoms. The number of nitrogens with zero attached hydrogens (tertiary/aromatic N) is 2. The number of benzene rings is 2. The van der Waals surface area contributed by atoms with E-state index >= 15 is 0 Å². The monoisotopic (exact) mass is 595 g/mol. The van der Waals surface area contributed by atoms with E-state index in [9.17, 15) is 34.4 Å². The van der Waals surface area contributed by atoms with Crippen LogP contribution in [0.25, 0.3) is 0 Å². The van der Waals surface area contributed by atoms with Crippen LogP contribution in [0.4, 0.5) is 5.69 Å². The lowest BCUT2D eigenvalue weighted by Gasteiger charge is -2.35. The van der Waals surface area contributed by atoms with Crippen LogP contribution in [0.5, 0.6) is 11.5 Å². The first kappa shape index (κ1) is 30.0. The standard InChI is InChI=1S/C30H33N3O10/c1-41-19-13-20(22(28(36)43-3)21(14-19)42-2)25-23-24(27(35)32(26(23)34)17-7-5-4-6-8-17)30(31-25,29(37)38)15-16-9-11-18(12-10-16)33(39)40/h9-14,17,23-25,31H,4-8,15H2,1-3H3,(H,37,38). The average molecular weight is 596 g/mol. The minimum Gasteiger partial charge on any atom is -0.497 e. The van der Waals surface area contributed by atoms with Crippen LogP contribution in [0.3, 0.4) is 0 Å². The molecule has 2 amide bonds. The van der Waals surface area contributed by atoms with E-state index in [0.717, 1.165) is 19.3 Å². The highest BCUT2D eigenvalue weighted by Crippen LogP contribution is 2.53. The fourth-order valence-electron chi connectivity index (χ4n) is 6.94. The second-order valence-corrected chi connectivity index (χ2v) is 11.1. The second-order valence-electron chi connectivity index (χ2n) is 11.1. The van der Waals surface area contributed by atoms with Crippen molar-refractivity contribution in [1.29, 1.82) is 0 Å². The Balaban J connectivity index is 1.70. The van der Waals surface area contributed by atoms with E-state index in [1.165, 1.54) is 62.6 Å². The maximum atomic E-state index is 14.2. The van der Waals surface area contributed by atoms with Gasteiger partial charge < -0.3 is 19.3 Å². The summed E-state index contributed by atoms with van der Waals surface area (Å²) in [6.07, 6.45) is 3.64. The number of methoxy groups -OCH3 is 3. The third-order valence-electron chi connectivity index (χ3n) is 8.93. The predicted molar refractivity (Wildman–Crippen MR) is 150 cm³/mol. The van der Waals surface area contributed by atoms with E-state index in [2.05, 4.69) is 5.32 Å². The normalized spacial score (nSPS) is 25.4. The first-order valence-electron chi connectivity index (χ1n) is 14.0. The SMILES string of the molecule is COC(=O)c1c(OC)cc(OC)cc1C1NC(Cc2ccc([N+](=O)[O-])cc2)(C(=O)O)C2C(=O)N(C3CCCCC3)C(=O)C12. The molecule has 0 bridgehead atoms. The molecular formula is C30H33N3O10. The summed E-state index contributed by atoms with van der Waals surface area (Å²) < 4.78 is 15.9. The fourth-order valence-corrected chi connectivity index (χ4v) is 6.94. The molecule has 3 fully saturated rings. The first-order valence-corrected chi connectivity index (χ1v) is 14.0. The van der Waals surface area contributed by atoms with Gasteiger partial charge in [-0.05, 0) is 30.0 Å². The molecule has 2 saturated heterocycles. The molecule has 43 heavy (non-hydrogen) atoms. The number of nitro benzene ring substituents is 1. The summed E-state index contributed by atoms with van der Waals surface area (Å²) in [6, 6.07) is 6.88. The van der Waals surface area contributed by atoms with Gasteiger partial charge in [-0.15, -0.1) is 0 Å². The number of ether oxygens (including phenoxy) is 3. The lowest BCUT2D eigenvalue weighted by atomic mass is 9.76. The van der Waals surface area contributed by atoms with Crippen molar-refractivity contribution in [3.63, 3.8) is 0 Å². The number of carboxylic acids is 1. The fraction of sp³-hybridized carbons (Fsp3) is 0.467. The number of carbonyl (C=O) groups is 4. The number of nitro groups is 1. The summed E-state index contributed by atoms with van der Waals surface area (Å²) in [7, 11) is 3.94. The number of hydrogen-bond acceptors (Lipinski definition) is 10. The summed E-state index contributed by atoms with van der Waals surface area (Å²) >= 11 is 0. The number of likely N-dealkylation sites (tertiary alicyclic amines) is 1. The highest BCUT2D eigenvalue weighted by Gasteiger charge is 2.69. The summed E-state index contributed by atoms with van der Waals surface area (Å²) in [6.45, 7) is 0. The summed E-state index contributed by atoms with van der Waals surface area (Å²) in [5.41, 5.74) is -1.60. The number of nitrogens with one attached hydrogen (secondary N) is 1. The van der Waals surface area contributed by atoms with Crippen molar-refractivity contribution in [3.8, 4) is 11.5 Å². The lowest BCUT2D eigenvalue weighted by molar-refractivity contribution is -0.384. The van der Waals surface area contributed by atoms with E-state index in [-0.39, 0.29) is 40.8 Å². The quantitative estimate of drug-likeness (QED) is 0.189. The maximum absolute atomic E-state index is 14.2. The van der Waals surface area contributed by atoms with Crippen LogP contribution in [0.15, 0.2) is 36.4 Å². The molecule has 1 saturated carbocycles. The Morgan fingerprint density at radius 1 is 1.05 bits per heavy atom. The Hall–Kier alpha value is -4.52. The third kappa shape index (κ3) is 4.97. The number of carbonyl (C=O) groups excluding carboxylic acids is 3. The molecule has 1 aliphatic carbocycles. The van der Waals surface area contributed by atoms with Crippen molar-refractivity contribution in [1.82, 2.24) is 10.2 Å². The Bertz CT molecular complexity index is 1470. The molecule has 228 valence electrons. The molecule has 0 aromatic heterocycles. The minimum absolute atomic E-state index is 0.0325. The van der Waals surface area contributed by atoms with Gasteiger partial charge in [0.05, 0.1) is 38.1 Å². The van der Waals surface area contributed by atoms with Gasteiger partial charge in [-0.25, -0.2) is 4.79 Å². The molecule has 2 N–H and O–H groups in total. The number of fused-ring (bicyclic) bond motifs is 1. The number of amides is 2. The third-order valence-corrected chi connectivity index (χ3v) is 8.93. The zero-order valence-corrected chi connectivity index (χ0v) is 24.0. The molecule has 2 aliphatic heterocycles. The zero-order valence-electron chi connectivity index (χ0n) is 24.0. The molecule has 0 spiro atoms. The van der Waals surface area contributed by atoms with E-state index < -0.39 is 52.1 Å². The Labute approximate surface area is 247 Å². The summed E-state index contributed by atoms with van der Waals surface area (Å²) in [4.78, 5) is 66.7. The van der Waals surface area contributed by atoms with Gasteiger partial charge in [0.25, 0.3) is 5.69 Å². The van der Waals surface area contributed by atoms with Crippen LogP contribution < -0.4 is 14.8 Å². The number of non-ortho nitro benzene ring substituents is 1. The molecule has 5 rings (SSSR count). The molecule has 2 aromatic rings. The van der Waals surface area contributed by atoms with Crippen molar-refractivity contribution >= 4 is 29.4 Å². The largest absolute Gasteiger partial charge is 0.497 e. The van der Waals surface area contributed by atoms with Crippen molar-refractivity contribution in [2.75, 3.05) is 21.3 Å². The lowest BCUT2D eigenvalue weighted by Crippen LogP contribution is -2.58. The van der Waals surface area contributed by atoms with Crippen molar-refractivity contribution in [2.45, 2.75) is 56.1 Å². The molecule has 0 radical (unpaired) electrons. The number of hydrogen-bond donors (Lipinski definition) is 2. The van der Waals surface area contributed by atoms with Gasteiger partial charge in [-0.2, -0.15) is 0 Å². The molecule has 3 aliphatic rings. The zero-order chi connectivity index (χ0) is 31.1. The summed E-state index contributed by atoms with van der Waals surface area (Å²) in [5, 5.41) is 25.1. The van der Waals surface area contributed by atoms with Crippen LogP contribution in [-0.4, -0.2) is 71.6 Å². The molecule has 4 atom stereocenters. The van der Waals surface area contributed by atoms with Gasteiger partial charge in [0.2, 0.25) is 11.8 Å². The number of aliphatic carboxylic acids is 1. The second kappa shape index (κ2) is 11.6. The molecule has 4 unspecified atom stereocenters. The van der Waals surface area contributed by atoms with Gasteiger partial charge in [0, 0.05) is 36.7 Å². The van der Waals surface area contributed by atoms with Gasteiger partial charge in [-0.1, -0.05) is 31.4 Å². The average Bonchev–Trinajstić information content (AvgIpc) is 3.49. The minimum atomic E-state index is -1.99. The maximum Gasteiger partial charge on any atom is 0.341 e. The number of imide groups is 1. The van der Waals surface area contributed by atoms with Gasteiger partial charge in [0.1, 0.15) is 22.6 Å². The molecule has 2 heterocycles. The van der Waals surface area contributed by atoms with Crippen molar-refractivity contribution in [3.05, 3.63) is 63.2 Å². The molecular weight excluding hydrogens is 562 g/mol. The Morgan fingerprint density at radius 3 is 2.28 bits per heavy atom. The Kier molecular flexibility index (Phi) is 8.10. The van der Waals surface area contributed by atoms with E-state index in [1.807, 2.05) is 0 Å². The van der Waals surface area contributed by atoms with Crippen LogP contribution >= 0.6 is 0 Å². The Morgan fingerprint density at radius 2 is 1.72 bits per heavy atom. The van der Waals surface area contributed by atoms with Gasteiger partial charge in [0.15, 0.2) is 0 Å². The van der Waals surface area contributed by atoms with Crippen molar-refractivity contribution < 1.29 is 43.4 Å².